The minimum atomic E-state index is 0.303. The van der Waals surface area contributed by atoms with E-state index in [4.69, 9.17) is 10.5 Å². The Hall–Kier alpha value is -2.12. The van der Waals surface area contributed by atoms with Crippen molar-refractivity contribution >= 4 is 49.1 Å². The van der Waals surface area contributed by atoms with E-state index >= 15 is 0 Å². The first-order valence-electron chi connectivity index (χ1n) is 6.69. The Balaban J connectivity index is 1.86. The van der Waals surface area contributed by atoms with E-state index in [0.717, 1.165) is 14.6 Å². The summed E-state index contributed by atoms with van der Waals surface area (Å²) in [5.41, 5.74) is 7.32. The summed E-state index contributed by atoms with van der Waals surface area (Å²) in [6, 6.07) is 15.1. The Morgan fingerprint density at radius 1 is 0.957 bits per heavy atom. The highest BCUT2D eigenvalue weighted by atomic mass is 79.9. The Morgan fingerprint density at radius 2 is 1.70 bits per heavy atom. The van der Waals surface area contributed by atoms with E-state index in [9.17, 15) is 0 Å². The molecule has 0 amide bonds. The predicted molar refractivity (Wildman–Crippen MR) is 98.1 cm³/mol. The van der Waals surface area contributed by atoms with Crippen molar-refractivity contribution in [1.29, 1.82) is 0 Å². The van der Waals surface area contributed by atoms with Crippen molar-refractivity contribution in [3.63, 3.8) is 0 Å². The lowest BCUT2D eigenvalue weighted by molar-refractivity contribution is 0.464. The number of nitrogens with one attached hydrogen (secondary N) is 1. The van der Waals surface area contributed by atoms with Crippen molar-refractivity contribution in [2.45, 2.75) is 0 Å². The minimum Gasteiger partial charge on any atom is -0.437 e. The molecule has 0 aliphatic carbocycles. The van der Waals surface area contributed by atoms with Crippen molar-refractivity contribution in [1.82, 2.24) is 9.97 Å². The fourth-order valence-electron chi connectivity index (χ4n) is 1.86. The van der Waals surface area contributed by atoms with Gasteiger partial charge in [0, 0.05) is 8.95 Å². The molecule has 0 spiro atoms. The van der Waals surface area contributed by atoms with E-state index in [1.807, 2.05) is 48.5 Å². The number of nitrogens with two attached hydrogens (primary N) is 1. The zero-order chi connectivity index (χ0) is 16.2. The molecule has 0 saturated carbocycles. The summed E-state index contributed by atoms with van der Waals surface area (Å²) in [6.07, 6.45) is 1.41. The molecule has 0 fully saturated rings. The number of hydrogen-bond donors (Lipinski definition) is 2. The number of para-hydroxylation sites is 1. The molecule has 0 bridgehead atoms. The number of aromatic nitrogens is 2. The van der Waals surface area contributed by atoms with E-state index < -0.39 is 0 Å². The van der Waals surface area contributed by atoms with Gasteiger partial charge in [-0.15, -0.1) is 0 Å². The topological polar surface area (TPSA) is 73.1 Å². The molecular formula is C16H12Br2N4O. The molecule has 0 saturated heterocycles. The molecule has 2 aromatic carbocycles. The van der Waals surface area contributed by atoms with Crippen molar-refractivity contribution in [2.24, 2.45) is 0 Å². The highest BCUT2D eigenvalue weighted by molar-refractivity contribution is 9.10. The molecule has 5 nitrogen and oxygen atoms in total. The van der Waals surface area contributed by atoms with Crippen LogP contribution < -0.4 is 15.8 Å². The molecule has 3 aromatic rings. The summed E-state index contributed by atoms with van der Waals surface area (Å²) in [5, 5.41) is 3.17. The van der Waals surface area contributed by atoms with E-state index in [0.29, 0.717) is 23.1 Å². The maximum absolute atomic E-state index is 6.12. The third kappa shape index (κ3) is 3.80. The fraction of sp³-hybridized carbons (Fsp3) is 0. The number of hydrogen-bond acceptors (Lipinski definition) is 5. The zero-order valence-corrected chi connectivity index (χ0v) is 15.0. The number of benzene rings is 2. The van der Waals surface area contributed by atoms with Crippen molar-refractivity contribution < 1.29 is 4.74 Å². The molecule has 3 rings (SSSR count). The van der Waals surface area contributed by atoms with Crippen molar-refractivity contribution in [3.8, 4) is 11.6 Å². The normalized spacial score (nSPS) is 10.3. The summed E-state index contributed by atoms with van der Waals surface area (Å²) < 4.78 is 7.60. The number of anilines is 3. The maximum atomic E-state index is 6.12. The first-order chi connectivity index (χ1) is 11.1. The van der Waals surface area contributed by atoms with Gasteiger partial charge in [0.05, 0.1) is 5.69 Å². The molecule has 0 unspecified atom stereocenters. The molecule has 0 radical (unpaired) electrons. The predicted octanol–water partition coefficient (Wildman–Crippen LogP) is 5.12. The van der Waals surface area contributed by atoms with Crippen LogP contribution in [-0.4, -0.2) is 9.97 Å². The number of halogens is 2. The van der Waals surface area contributed by atoms with Gasteiger partial charge in [-0.25, -0.2) is 4.98 Å². The molecule has 116 valence electrons. The summed E-state index contributed by atoms with van der Waals surface area (Å²) in [4.78, 5) is 8.27. The maximum Gasteiger partial charge on any atom is 0.248 e. The molecule has 0 aliphatic heterocycles. The first kappa shape index (κ1) is 15.8. The van der Waals surface area contributed by atoms with E-state index in [1.165, 1.54) is 6.33 Å². The van der Waals surface area contributed by atoms with Gasteiger partial charge in [-0.1, -0.05) is 28.1 Å². The quantitative estimate of drug-likeness (QED) is 0.594. The zero-order valence-electron chi connectivity index (χ0n) is 11.8. The summed E-state index contributed by atoms with van der Waals surface area (Å²) in [5.74, 6) is 1.43. The van der Waals surface area contributed by atoms with Crippen LogP contribution in [0.15, 0.2) is 63.8 Å². The second kappa shape index (κ2) is 6.97. The standard InChI is InChI=1S/C16H12Br2N4O/c17-10-5-7-11(8-6-10)23-16-14(19)15(20-9-21-16)22-13-4-2-1-3-12(13)18/h1-9H,19H2,(H,20,21,22). The first-order valence-corrected chi connectivity index (χ1v) is 8.27. The van der Waals surface area contributed by atoms with Gasteiger partial charge in [0.1, 0.15) is 17.8 Å². The van der Waals surface area contributed by atoms with Gasteiger partial charge in [0.2, 0.25) is 5.88 Å². The van der Waals surface area contributed by atoms with Crippen LogP contribution in [0, 0.1) is 0 Å². The van der Waals surface area contributed by atoms with Gasteiger partial charge in [-0.2, -0.15) is 4.98 Å². The molecule has 0 atom stereocenters. The lowest BCUT2D eigenvalue weighted by Crippen LogP contribution is -2.03. The van der Waals surface area contributed by atoms with Crippen molar-refractivity contribution in [3.05, 3.63) is 63.8 Å². The molecule has 23 heavy (non-hydrogen) atoms. The number of nitrogen functional groups attached to an aromatic ring is 1. The fourth-order valence-corrected chi connectivity index (χ4v) is 2.51. The number of rotatable bonds is 4. The van der Waals surface area contributed by atoms with Gasteiger partial charge >= 0.3 is 0 Å². The summed E-state index contributed by atoms with van der Waals surface area (Å²) >= 11 is 6.86. The summed E-state index contributed by atoms with van der Waals surface area (Å²) in [7, 11) is 0. The molecule has 3 N–H and O–H groups in total. The average molecular weight is 436 g/mol. The van der Waals surface area contributed by atoms with E-state index in [2.05, 4.69) is 47.1 Å². The smallest absolute Gasteiger partial charge is 0.248 e. The minimum absolute atomic E-state index is 0.303. The Morgan fingerprint density at radius 3 is 2.43 bits per heavy atom. The lowest BCUT2D eigenvalue weighted by atomic mass is 10.3. The third-order valence-corrected chi connectivity index (χ3v) is 4.22. The van der Waals surface area contributed by atoms with Crippen LogP contribution in [-0.2, 0) is 0 Å². The third-order valence-electron chi connectivity index (χ3n) is 3.00. The molecule has 7 heteroatoms. The lowest BCUT2D eigenvalue weighted by Gasteiger charge is -2.12. The Labute approximate surface area is 150 Å². The molecule has 1 aromatic heterocycles. The van der Waals surface area contributed by atoms with E-state index in [-0.39, 0.29) is 0 Å². The Bertz CT molecular complexity index is 825. The number of nitrogens with zero attached hydrogens (tertiary/aromatic N) is 2. The highest BCUT2D eigenvalue weighted by Crippen LogP contribution is 2.33. The van der Waals surface area contributed by atoms with Crippen LogP contribution in [0.2, 0.25) is 0 Å². The van der Waals surface area contributed by atoms with Crippen LogP contribution in [0.4, 0.5) is 17.2 Å². The second-order valence-electron chi connectivity index (χ2n) is 4.60. The van der Waals surface area contributed by atoms with Crippen LogP contribution in [0.3, 0.4) is 0 Å². The average Bonchev–Trinajstić information content (AvgIpc) is 2.55. The van der Waals surface area contributed by atoms with Gasteiger partial charge in [0.15, 0.2) is 5.82 Å². The SMILES string of the molecule is Nc1c(Nc2ccccc2Br)ncnc1Oc1ccc(Br)cc1. The van der Waals surface area contributed by atoms with Crippen LogP contribution in [0.5, 0.6) is 11.6 Å². The largest absolute Gasteiger partial charge is 0.437 e. The van der Waals surface area contributed by atoms with Gasteiger partial charge in [0.25, 0.3) is 0 Å². The molecular weight excluding hydrogens is 424 g/mol. The van der Waals surface area contributed by atoms with Crippen LogP contribution >= 0.6 is 31.9 Å². The van der Waals surface area contributed by atoms with Gasteiger partial charge in [-0.3, -0.25) is 0 Å². The second-order valence-corrected chi connectivity index (χ2v) is 6.37. The number of ether oxygens (including phenoxy) is 1. The van der Waals surface area contributed by atoms with Gasteiger partial charge < -0.3 is 15.8 Å². The van der Waals surface area contributed by atoms with E-state index in [1.54, 1.807) is 0 Å². The van der Waals surface area contributed by atoms with Crippen LogP contribution in [0.1, 0.15) is 0 Å². The van der Waals surface area contributed by atoms with Crippen molar-refractivity contribution in [2.75, 3.05) is 11.1 Å². The van der Waals surface area contributed by atoms with Crippen LogP contribution in [0.25, 0.3) is 0 Å². The molecule has 1 heterocycles. The highest BCUT2D eigenvalue weighted by Gasteiger charge is 2.11. The molecule has 0 aliphatic rings. The Kier molecular flexibility index (Phi) is 4.78. The summed E-state index contributed by atoms with van der Waals surface area (Å²) in [6.45, 7) is 0. The van der Waals surface area contributed by atoms with Gasteiger partial charge in [-0.05, 0) is 52.3 Å². The monoisotopic (exact) mass is 434 g/mol.